The Labute approximate surface area is 153 Å². The number of nitrogens with zero attached hydrogens (tertiary/aromatic N) is 2. The molecule has 0 aliphatic heterocycles. The van der Waals surface area contributed by atoms with E-state index in [9.17, 15) is 18.0 Å². The molecular weight excluding hydrogens is 361 g/mol. The number of carbonyl (C=O) groups is 1. The molecule has 3 rings (SSSR count). The Hall–Kier alpha value is -3.23. The number of aromatic nitrogens is 2. The number of benzene rings is 2. The number of imidazole rings is 1. The maximum absolute atomic E-state index is 12.6. The average molecular weight is 378 g/mol. The zero-order valence-corrected chi connectivity index (χ0v) is 14.6. The zero-order chi connectivity index (χ0) is 19.6. The molecule has 0 aliphatic rings. The first-order valence-corrected chi connectivity index (χ1v) is 7.98. The summed E-state index contributed by atoms with van der Waals surface area (Å²) >= 11 is 0. The molecule has 142 valence electrons. The number of ether oxygens (including phenoxy) is 1. The zero-order valence-electron chi connectivity index (χ0n) is 14.6. The normalized spacial score (nSPS) is 11.4. The van der Waals surface area contributed by atoms with Crippen molar-refractivity contribution in [2.75, 3.05) is 12.4 Å². The van der Waals surface area contributed by atoms with Gasteiger partial charge in [-0.2, -0.15) is 13.2 Å². The fourth-order valence-corrected chi connectivity index (χ4v) is 2.76. The summed E-state index contributed by atoms with van der Waals surface area (Å²) in [4.78, 5) is 16.4. The van der Waals surface area contributed by atoms with Crippen LogP contribution < -0.4 is 15.4 Å². The molecule has 1 aromatic heterocycles. The van der Waals surface area contributed by atoms with Crippen LogP contribution in [0.2, 0.25) is 0 Å². The van der Waals surface area contributed by atoms with Gasteiger partial charge in [0.1, 0.15) is 5.75 Å². The van der Waals surface area contributed by atoms with Crippen molar-refractivity contribution >= 4 is 22.8 Å². The lowest BCUT2D eigenvalue weighted by Crippen LogP contribution is -2.28. The van der Waals surface area contributed by atoms with Gasteiger partial charge in [0.2, 0.25) is 0 Å². The molecule has 1 heterocycles. The molecule has 0 aliphatic carbocycles. The predicted octanol–water partition coefficient (Wildman–Crippen LogP) is 3.92. The quantitative estimate of drug-likeness (QED) is 0.723. The third-order valence-corrected chi connectivity index (χ3v) is 4.06. The molecule has 0 saturated heterocycles. The van der Waals surface area contributed by atoms with Gasteiger partial charge in [-0.05, 0) is 36.4 Å². The summed E-state index contributed by atoms with van der Waals surface area (Å²) in [7, 11) is 3.36. The minimum Gasteiger partial charge on any atom is -0.496 e. The molecule has 2 aromatic carbocycles. The lowest BCUT2D eigenvalue weighted by Gasteiger charge is -2.13. The number of amides is 2. The fourth-order valence-electron chi connectivity index (χ4n) is 2.76. The van der Waals surface area contributed by atoms with Crippen molar-refractivity contribution in [3.63, 3.8) is 0 Å². The van der Waals surface area contributed by atoms with Crippen molar-refractivity contribution in [2.24, 2.45) is 7.05 Å². The standard InChI is InChI=1S/C18H17F3N4O2/c1-25-10-23-14-7-8-15(27-2)13(16(14)25)9-22-17(26)24-12-5-3-11(4-6-12)18(19,20)21/h3-8,10H,9H2,1-2H3,(H2,22,24,26). The van der Waals surface area contributed by atoms with E-state index in [1.807, 2.05) is 17.7 Å². The van der Waals surface area contributed by atoms with Crippen LogP contribution in [-0.2, 0) is 19.8 Å². The molecule has 2 N–H and O–H groups in total. The molecule has 3 aromatic rings. The van der Waals surface area contributed by atoms with Crippen molar-refractivity contribution in [2.45, 2.75) is 12.7 Å². The number of hydrogen-bond acceptors (Lipinski definition) is 3. The van der Waals surface area contributed by atoms with Crippen LogP contribution in [0.5, 0.6) is 5.75 Å². The second kappa shape index (κ2) is 7.18. The minimum atomic E-state index is -4.42. The molecule has 0 fully saturated rings. The average Bonchev–Trinajstić information content (AvgIpc) is 3.00. The van der Waals surface area contributed by atoms with Gasteiger partial charge in [-0.3, -0.25) is 0 Å². The first-order valence-electron chi connectivity index (χ1n) is 7.98. The number of hydrogen-bond donors (Lipinski definition) is 2. The van der Waals surface area contributed by atoms with E-state index < -0.39 is 17.8 Å². The van der Waals surface area contributed by atoms with Gasteiger partial charge >= 0.3 is 12.2 Å². The maximum atomic E-state index is 12.6. The molecule has 0 saturated carbocycles. The van der Waals surface area contributed by atoms with E-state index in [1.54, 1.807) is 12.4 Å². The number of fused-ring (bicyclic) bond motifs is 1. The lowest BCUT2D eigenvalue weighted by molar-refractivity contribution is -0.137. The Kier molecular flexibility index (Phi) is 4.93. The summed E-state index contributed by atoms with van der Waals surface area (Å²) in [6, 6.07) is 7.26. The summed E-state index contributed by atoms with van der Waals surface area (Å²) in [5, 5.41) is 5.19. The molecule has 9 heteroatoms. The van der Waals surface area contributed by atoms with Crippen LogP contribution in [-0.4, -0.2) is 22.7 Å². The Morgan fingerprint density at radius 1 is 1.19 bits per heavy atom. The number of carbonyl (C=O) groups excluding carboxylic acids is 1. The van der Waals surface area contributed by atoms with Crippen molar-refractivity contribution in [1.82, 2.24) is 14.9 Å². The molecular formula is C18H17F3N4O2. The van der Waals surface area contributed by atoms with Crippen molar-refractivity contribution in [1.29, 1.82) is 0 Å². The third-order valence-electron chi connectivity index (χ3n) is 4.06. The second-order valence-electron chi connectivity index (χ2n) is 5.85. The molecule has 27 heavy (non-hydrogen) atoms. The Morgan fingerprint density at radius 2 is 1.89 bits per heavy atom. The fraction of sp³-hybridized carbons (Fsp3) is 0.222. The van der Waals surface area contributed by atoms with Gasteiger partial charge in [-0.1, -0.05) is 0 Å². The van der Waals surface area contributed by atoms with E-state index in [2.05, 4.69) is 15.6 Å². The highest BCUT2D eigenvalue weighted by Gasteiger charge is 2.30. The van der Waals surface area contributed by atoms with E-state index in [0.717, 1.165) is 28.7 Å². The largest absolute Gasteiger partial charge is 0.496 e. The number of rotatable bonds is 4. The number of urea groups is 1. The van der Waals surface area contributed by atoms with Crippen molar-refractivity contribution in [3.8, 4) is 5.75 Å². The molecule has 0 radical (unpaired) electrons. The summed E-state index contributed by atoms with van der Waals surface area (Å²) in [5.41, 5.74) is 1.81. The SMILES string of the molecule is COc1ccc2ncn(C)c2c1CNC(=O)Nc1ccc(C(F)(F)F)cc1. The lowest BCUT2D eigenvalue weighted by atomic mass is 10.1. The van der Waals surface area contributed by atoms with Gasteiger partial charge in [-0.15, -0.1) is 0 Å². The van der Waals surface area contributed by atoms with Gasteiger partial charge in [0.05, 0.1) is 36.6 Å². The van der Waals surface area contributed by atoms with Crippen LogP contribution in [0.15, 0.2) is 42.7 Å². The van der Waals surface area contributed by atoms with E-state index in [0.29, 0.717) is 5.75 Å². The number of aryl methyl sites for hydroxylation is 1. The number of nitrogens with one attached hydrogen (secondary N) is 2. The van der Waals surface area contributed by atoms with Gasteiger partial charge in [-0.25, -0.2) is 9.78 Å². The third kappa shape index (κ3) is 3.97. The van der Waals surface area contributed by atoms with Crippen LogP contribution in [0.1, 0.15) is 11.1 Å². The second-order valence-corrected chi connectivity index (χ2v) is 5.85. The topological polar surface area (TPSA) is 68.2 Å². The summed E-state index contributed by atoms with van der Waals surface area (Å²) in [6.45, 7) is 0.159. The molecule has 0 unspecified atom stereocenters. The Morgan fingerprint density at radius 3 is 2.52 bits per heavy atom. The van der Waals surface area contributed by atoms with Gasteiger partial charge in [0, 0.05) is 18.3 Å². The Bertz CT molecular complexity index is 965. The summed E-state index contributed by atoms with van der Waals surface area (Å²) in [6.07, 6.45) is -2.75. The smallest absolute Gasteiger partial charge is 0.416 e. The first-order chi connectivity index (χ1) is 12.8. The van der Waals surface area contributed by atoms with Gasteiger partial charge < -0.3 is 19.9 Å². The molecule has 0 spiro atoms. The highest BCUT2D eigenvalue weighted by molar-refractivity contribution is 5.90. The number of methoxy groups -OCH3 is 1. The van der Waals surface area contributed by atoms with Crippen LogP contribution in [0.3, 0.4) is 0 Å². The van der Waals surface area contributed by atoms with E-state index >= 15 is 0 Å². The number of halogens is 3. The summed E-state index contributed by atoms with van der Waals surface area (Å²) in [5.74, 6) is 0.598. The number of anilines is 1. The van der Waals surface area contributed by atoms with E-state index in [4.69, 9.17) is 4.74 Å². The minimum absolute atomic E-state index is 0.159. The summed E-state index contributed by atoms with van der Waals surface area (Å²) < 4.78 is 44.9. The van der Waals surface area contributed by atoms with Crippen LogP contribution >= 0.6 is 0 Å². The molecule has 0 bridgehead atoms. The van der Waals surface area contributed by atoms with Gasteiger partial charge in [0.15, 0.2) is 0 Å². The predicted molar refractivity (Wildman–Crippen MR) is 94.6 cm³/mol. The highest BCUT2D eigenvalue weighted by atomic mass is 19.4. The molecule has 0 atom stereocenters. The maximum Gasteiger partial charge on any atom is 0.416 e. The molecule has 2 amide bonds. The van der Waals surface area contributed by atoms with E-state index in [1.165, 1.54) is 19.2 Å². The van der Waals surface area contributed by atoms with Crippen molar-refractivity contribution in [3.05, 3.63) is 53.9 Å². The van der Waals surface area contributed by atoms with Crippen molar-refractivity contribution < 1.29 is 22.7 Å². The molecule has 6 nitrogen and oxygen atoms in total. The number of alkyl halides is 3. The van der Waals surface area contributed by atoms with Crippen LogP contribution in [0.4, 0.5) is 23.7 Å². The van der Waals surface area contributed by atoms with E-state index in [-0.39, 0.29) is 12.2 Å². The first kappa shape index (κ1) is 18.6. The van der Waals surface area contributed by atoms with Crippen LogP contribution in [0, 0.1) is 0 Å². The Balaban J connectivity index is 1.71. The highest BCUT2D eigenvalue weighted by Crippen LogP contribution is 2.30. The van der Waals surface area contributed by atoms with Gasteiger partial charge in [0.25, 0.3) is 0 Å². The monoisotopic (exact) mass is 378 g/mol. The van der Waals surface area contributed by atoms with Crippen LogP contribution in [0.25, 0.3) is 11.0 Å².